The summed E-state index contributed by atoms with van der Waals surface area (Å²) >= 11 is 7.96. The molecule has 0 saturated heterocycles. The van der Waals surface area contributed by atoms with Crippen LogP contribution in [0.5, 0.6) is 0 Å². The van der Waals surface area contributed by atoms with E-state index in [0.717, 1.165) is 14.8 Å². The smallest absolute Gasteiger partial charge is 0.264 e. The van der Waals surface area contributed by atoms with Gasteiger partial charge < -0.3 is 10.2 Å². The summed E-state index contributed by atoms with van der Waals surface area (Å²) in [4.78, 5) is 30.0. The third-order valence-electron chi connectivity index (χ3n) is 6.43. The Morgan fingerprint density at radius 1 is 0.976 bits per heavy atom. The number of aryl methyl sites for hydroxylation is 1. The van der Waals surface area contributed by atoms with E-state index in [1.165, 1.54) is 16.7 Å². The highest BCUT2D eigenvalue weighted by Crippen LogP contribution is 2.27. The van der Waals surface area contributed by atoms with Crippen molar-refractivity contribution >= 4 is 50.9 Å². The second-order valence-electron chi connectivity index (χ2n) is 10.8. The summed E-state index contributed by atoms with van der Waals surface area (Å²) in [5.41, 5.74) is 1.43. The molecule has 3 rings (SSSR count). The van der Waals surface area contributed by atoms with E-state index >= 15 is 0 Å². The minimum atomic E-state index is -4.13. The minimum absolute atomic E-state index is 0.0405. The van der Waals surface area contributed by atoms with E-state index in [-0.39, 0.29) is 17.3 Å². The topological polar surface area (TPSA) is 86.8 Å². The highest BCUT2D eigenvalue weighted by Gasteiger charge is 2.34. The van der Waals surface area contributed by atoms with Crippen LogP contribution in [0.25, 0.3) is 0 Å². The maximum Gasteiger partial charge on any atom is 0.264 e. The van der Waals surface area contributed by atoms with E-state index in [9.17, 15) is 18.0 Å². The number of nitrogens with one attached hydrogen (secondary N) is 1. The lowest BCUT2D eigenvalue weighted by Gasteiger charge is -2.35. The Morgan fingerprint density at radius 2 is 1.59 bits per heavy atom. The molecule has 0 radical (unpaired) electrons. The number of sulfonamides is 1. The number of hydrogen-bond acceptors (Lipinski definition) is 5. The van der Waals surface area contributed by atoms with Crippen LogP contribution in [0.15, 0.2) is 82.6 Å². The quantitative estimate of drug-likeness (QED) is 0.256. The lowest BCUT2D eigenvalue weighted by molar-refractivity contribution is -0.141. The number of carbonyl (C=O) groups excluding carboxylic acids is 2. The molecule has 0 aromatic heterocycles. The van der Waals surface area contributed by atoms with Crippen molar-refractivity contribution in [2.24, 2.45) is 0 Å². The first-order chi connectivity index (χ1) is 19.3. The van der Waals surface area contributed by atoms with E-state index in [1.807, 2.05) is 40.9 Å². The standard InChI is InChI=1S/C31H38ClN3O4S2/c1-7-28(30(37)33-31(3,4)5)34(20-23-10-8-9-11-27(23)32)29(36)21-35(24-14-12-22(2)13-15-24)41(38,39)26-18-16-25(40-6)17-19-26/h8-19,28H,7,20-21H2,1-6H3,(H,33,37)/t28-/m1/s1. The molecule has 1 atom stereocenters. The van der Waals surface area contributed by atoms with Crippen molar-refractivity contribution in [3.05, 3.63) is 88.9 Å². The lowest BCUT2D eigenvalue weighted by atomic mass is 10.1. The zero-order chi connectivity index (χ0) is 30.4. The van der Waals surface area contributed by atoms with Gasteiger partial charge in [-0.3, -0.25) is 13.9 Å². The molecule has 3 aromatic carbocycles. The molecule has 1 N–H and O–H groups in total. The van der Waals surface area contributed by atoms with E-state index in [4.69, 9.17) is 11.6 Å². The molecule has 7 nitrogen and oxygen atoms in total. The maximum absolute atomic E-state index is 14.2. The Hall–Kier alpha value is -3.01. The zero-order valence-corrected chi connectivity index (χ0v) is 26.7. The van der Waals surface area contributed by atoms with Gasteiger partial charge in [0.25, 0.3) is 10.0 Å². The van der Waals surface area contributed by atoms with E-state index in [0.29, 0.717) is 22.7 Å². The molecule has 0 spiro atoms. The van der Waals surface area contributed by atoms with Crippen molar-refractivity contribution < 1.29 is 18.0 Å². The molecule has 0 aliphatic heterocycles. The first kappa shape index (κ1) is 32.5. The predicted octanol–water partition coefficient (Wildman–Crippen LogP) is 6.29. The molecule has 41 heavy (non-hydrogen) atoms. The average Bonchev–Trinajstić information content (AvgIpc) is 2.92. The predicted molar refractivity (Wildman–Crippen MR) is 168 cm³/mol. The number of carbonyl (C=O) groups is 2. The third kappa shape index (κ3) is 8.50. The molecule has 0 aliphatic rings. The van der Waals surface area contributed by atoms with Gasteiger partial charge in [0.2, 0.25) is 11.8 Å². The highest BCUT2D eigenvalue weighted by atomic mass is 35.5. The molecule has 2 amide bonds. The van der Waals surface area contributed by atoms with Crippen molar-refractivity contribution in [2.45, 2.75) is 69.0 Å². The normalized spacial score (nSPS) is 12.5. The molecule has 3 aromatic rings. The molecule has 0 fully saturated rings. The van der Waals surface area contributed by atoms with Gasteiger partial charge in [0.15, 0.2) is 0 Å². The molecule has 0 unspecified atom stereocenters. The fourth-order valence-electron chi connectivity index (χ4n) is 4.30. The van der Waals surface area contributed by atoms with Crippen LogP contribution in [0, 0.1) is 6.92 Å². The number of anilines is 1. The van der Waals surface area contributed by atoms with Gasteiger partial charge in [0, 0.05) is 22.0 Å². The van der Waals surface area contributed by atoms with Crippen molar-refractivity contribution in [3.8, 4) is 0 Å². The molecule has 0 bridgehead atoms. The fourth-order valence-corrected chi connectivity index (χ4v) is 6.32. The number of thioether (sulfide) groups is 1. The van der Waals surface area contributed by atoms with Gasteiger partial charge >= 0.3 is 0 Å². The van der Waals surface area contributed by atoms with Crippen LogP contribution < -0.4 is 9.62 Å². The highest BCUT2D eigenvalue weighted by molar-refractivity contribution is 7.98. The van der Waals surface area contributed by atoms with Crippen LogP contribution in [-0.4, -0.2) is 49.5 Å². The SMILES string of the molecule is CC[C@H](C(=O)NC(C)(C)C)N(Cc1ccccc1Cl)C(=O)CN(c1ccc(C)cc1)S(=O)(=O)c1ccc(SC)cc1. The van der Waals surface area contributed by atoms with Crippen molar-refractivity contribution in [3.63, 3.8) is 0 Å². The van der Waals surface area contributed by atoms with Gasteiger partial charge in [-0.2, -0.15) is 0 Å². The van der Waals surface area contributed by atoms with Gasteiger partial charge in [-0.1, -0.05) is 54.4 Å². The Labute approximate surface area is 253 Å². The van der Waals surface area contributed by atoms with Gasteiger partial charge in [0.1, 0.15) is 12.6 Å². The number of rotatable bonds is 11. The Morgan fingerprint density at radius 3 is 2.12 bits per heavy atom. The molecule has 0 aliphatic carbocycles. The number of benzene rings is 3. The van der Waals surface area contributed by atoms with Gasteiger partial charge in [-0.15, -0.1) is 11.8 Å². The van der Waals surface area contributed by atoms with Crippen LogP contribution in [-0.2, 0) is 26.2 Å². The minimum Gasteiger partial charge on any atom is -0.350 e. The zero-order valence-electron chi connectivity index (χ0n) is 24.3. The monoisotopic (exact) mass is 615 g/mol. The van der Waals surface area contributed by atoms with E-state index < -0.39 is 34.1 Å². The van der Waals surface area contributed by atoms with Crippen LogP contribution >= 0.6 is 23.4 Å². The summed E-state index contributed by atoms with van der Waals surface area (Å²) in [5.74, 6) is -0.844. The number of hydrogen-bond donors (Lipinski definition) is 1. The van der Waals surface area contributed by atoms with Crippen LogP contribution in [0.1, 0.15) is 45.2 Å². The van der Waals surface area contributed by atoms with Crippen LogP contribution in [0.2, 0.25) is 5.02 Å². The van der Waals surface area contributed by atoms with E-state index in [1.54, 1.807) is 72.8 Å². The first-order valence-electron chi connectivity index (χ1n) is 13.3. The molecule has 220 valence electrons. The van der Waals surface area contributed by atoms with Crippen LogP contribution in [0.4, 0.5) is 5.69 Å². The second kappa shape index (κ2) is 13.8. The summed E-state index contributed by atoms with van der Waals surface area (Å²) in [6.07, 6.45) is 2.24. The van der Waals surface area contributed by atoms with Crippen molar-refractivity contribution in [2.75, 3.05) is 17.1 Å². The van der Waals surface area contributed by atoms with Gasteiger partial charge in [0.05, 0.1) is 10.6 Å². The Bertz CT molecular complexity index is 1450. The Kier molecular flexibility index (Phi) is 10.9. The molecular weight excluding hydrogens is 578 g/mol. The largest absolute Gasteiger partial charge is 0.350 e. The van der Waals surface area contributed by atoms with Gasteiger partial charge in [-0.25, -0.2) is 8.42 Å². The number of halogens is 1. The molecule has 0 heterocycles. The van der Waals surface area contributed by atoms with Gasteiger partial charge in [-0.05, 0) is 88.4 Å². The van der Waals surface area contributed by atoms with Crippen molar-refractivity contribution in [1.29, 1.82) is 0 Å². The fraction of sp³-hybridized carbons (Fsp3) is 0.355. The third-order valence-corrected chi connectivity index (χ3v) is 9.33. The summed E-state index contributed by atoms with van der Waals surface area (Å²) in [6.45, 7) is 8.86. The first-order valence-corrected chi connectivity index (χ1v) is 16.4. The maximum atomic E-state index is 14.2. The number of amides is 2. The Balaban J connectivity index is 2.08. The molecule has 10 heteroatoms. The molecule has 0 saturated carbocycles. The number of nitrogens with zero attached hydrogens (tertiary/aromatic N) is 2. The van der Waals surface area contributed by atoms with Crippen LogP contribution in [0.3, 0.4) is 0 Å². The summed E-state index contributed by atoms with van der Waals surface area (Å²) < 4.78 is 29.1. The lowest BCUT2D eigenvalue weighted by Crippen LogP contribution is -2.55. The van der Waals surface area contributed by atoms with Crippen molar-refractivity contribution in [1.82, 2.24) is 10.2 Å². The molecular formula is C31H38ClN3O4S2. The summed E-state index contributed by atoms with van der Waals surface area (Å²) in [5, 5.41) is 3.42. The summed E-state index contributed by atoms with van der Waals surface area (Å²) in [6, 6.07) is 19.8. The average molecular weight is 616 g/mol. The van der Waals surface area contributed by atoms with E-state index in [2.05, 4.69) is 5.32 Å². The summed E-state index contributed by atoms with van der Waals surface area (Å²) in [7, 11) is -4.13. The second-order valence-corrected chi connectivity index (χ2v) is 13.9.